The van der Waals surface area contributed by atoms with Crippen LogP contribution < -0.4 is 15.4 Å². The second-order valence-corrected chi connectivity index (χ2v) is 7.72. The maximum atomic E-state index is 13.8. The molecule has 3 aromatic rings. The second-order valence-electron chi connectivity index (χ2n) is 6.34. The van der Waals surface area contributed by atoms with E-state index in [-0.39, 0.29) is 28.8 Å². The summed E-state index contributed by atoms with van der Waals surface area (Å²) in [7, 11) is 3.22. The van der Waals surface area contributed by atoms with Crippen LogP contribution in [-0.4, -0.2) is 39.4 Å². The number of thioether (sulfide) groups is 1. The molecule has 0 fully saturated rings. The smallest absolute Gasteiger partial charge is 0.234 e. The Labute approximate surface area is 187 Å². The Balaban J connectivity index is 1.56. The van der Waals surface area contributed by atoms with Crippen LogP contribution in [0.1, 0.15) is 5.82 Å². The predicted octanol–water partition coefficient (Wildman–Crippen LogP) is 3.53. The highest BCUT2D eigenvalue weighted by atomic mass is 35.5. The number of halogens is 2. The fourth-order valence-electron chi connectivity index (χ4n) is 2.62. The molecule has 0 aliphatic heterocycles. The van der Waals surface area contributed by atoms with Crippen LogP contribution in [0.3, 0.4) is 0 Å². The first kappa shape index (κ1) is 22.6. The van der Waals surface area contributed by atoms with Crippen LogP contribution in [0.25, 0.3) is 0 Å². The van der Waals surface area contributed by atoms with E-state index in [1.807, 2.05) is 0 Å². The van der Waals surface area contributed by atoms with Gasteiger partial charge in [0.1, 0.15) is 17.4 Å². The monoisotopic (exact) mass is 463 g/mol. The number of para-hydroxylation sites is 2. The highest BCUT2D eigenvalue weighted by Gasteiger charge is 2.16. The van der Waals surface area contributed by atoms with E-state index in [1.54, 1.807) is 35.9 Å². The van der Waals surface area contributed by atoms with Crippen molar-refractivity contribution >= 4 is 46.6 Å². The molecule has 162 valence electrons. The Morgan fingerprint density at radius 2 is 1.87 bits per heavy atom. The molecule has 3 rings (SSSR count). The molecule has 2 aromatic carbocycles. The molecule has 11 heteroatoms. The highest BCUT2D eigenvalue weighted by Crippen LogP contribution is 2.24. The predicted molar refractivity (Wildman–Crippen MR) is 117 cm³/mol. The molecule has 2 N–H and O–H groups in total. The van der Waals surface area contributed by atoms with Crippen molar-refractivity contribution in [2.24, 2.45) is 7.05 Å². The summed E-state index contributed by atoms with van der Waals surface area (Å²) >= 11 is 6.82. The van der Waals surface area contributed by atoms with Crippen LogP contribution in [0.2, 0.25) is 5.02 Å². The number of rotatable bonds is 8. The summed E-state index contributed by atoms with van der Waals surface area (Å²) in [5.74, 6) is -0.348. The molecule has 0 aliphatic carbocycles. The number of hydrogen-bond acceptors (Lipinski definition) is 6. The Morgan fingerprint density at radius 1 is 1.13 bits per heavy atom. The van der Waals surface area contributed by atoms with Crippen molar-refractivity contribution < 1.29 is 18.7 Å². The van der Waals surface area contributed by atoms with Crippen molar-refractivity contribution in [2.45, 2.75) is 11.6 Å². The Bertz CT molecular complexity index is 1110. The maximum Gasteiger partial charge on any atom is 0.234 e. The molecule has 0 spiro atoms. The number of benzene rings is 2. The van der Waals surface area contributed by atoms with Gasteiger partial charge in [-0.25, -0.2) is 4.39 Å². The van der Waals surface area contributed by atoms with Gasteiger partial charge in [-0.2, -0.15) is 0 Å². The van der Waals surface area contributed by atoms with E-state index in [0.29, 0.717) is 22.4 Å². The number of anilines is 2. The molecular weight excluding hydrogens is 445 g/mol. The lowest BCUT2D eigenvalue weighted by molar-refractivity contribution is -0.116. The summed E-state index contributed by atoms with van der Waals surface area (Å²) in [5, 5.41) is 14.0. The fraction of sp³-hybridized carbons (Fsp3) is 0.200. The van der Waals surface area contributed by atoms with Crippen molar-refractivity contribution in [3.05, 3.63) is 59.1 Å². The fourth-order valence-corrected chi connectivity index (χ4v) is 3.51. The summed E-state index contributed by atoms with van der Waals surface area (Å²) in [6.07, 6.45) is -0.00963. The minimum Gasteiger partial charge on any atom is -0.495 e. The Hall–Kier alpha value is -3.11. The van der Waals surface area contributed by atoms with Crippen molar-refractivity contribution in [1.29, 1.82) is 0 Å². The van der Waals surface area contributed by atoms with Crippen LogP contribution in [0, 0.1) is 5.82 Å². The summed E-state index contributed by atoms with van der Waals surface area (Å²) in [5.41, 5.74) is 0.597. The number of methoxy groups -OCH3 is 1. The molecular formula is C20H19ClFN5O3S. The van der Waals surface area contributed by atoms with Gasteiger partial charge < -0.3 is 19.9 Å². The quantitative estimate of drug-likeness (QED) is 0.496. The number of nitrogens with zero attached hydrogens (tertiary/aromatic N) is 3. The number of aromatic nitrogens is 3. The third-order valence-corrected chi connectivity index (χ3v) is 5.42. The van der Waals surface area contributed by atoms with Crippen LogP contribution in [0.5, 0.6) is 5.75 Å². The minimum absolute atomic E-state index is 0.00963. The number of carbonyl (C=O) groups excluding carboxylic acids is 2. The summed E-state index contributed by atoms with van der Waals surface area (Å²) in [4.78, 5) is 24.5. The Morgan fingerprint density at radius 3 is 2.61 bits per heavy atom. The van der Waals surface area contributed by atoms with Gasteiger partial charge in [-0.15, -0.1) is 10.2 Å². The highest BCUT2D eigenvalue weighted by molar-refractivity contribution is 7.99. The number of ether oxygens (including phenoxy) is 1. The summed E-state index contributed by atoms with van der Waals surface area (Å²) in [6, 6.07) is 11.1. The van der Waals surface area contributed by atoms with Gasteiger partial charge in [0.2, 0.25) is 11.8 Å². The van der Waals surface area contributed by atoms with E-state index in [4.69, 9.17) is 16.3 Å². The normalized spacial score (nSPS) is 10.6. The molecule has 1 heterocycles. The van der Waals surface area contributed by atoms with E-state index in [0.717, 1.165) is 17.8 Å². The average Bonchev–Trinajstić information content (AvgIpc) is 3.08. The van der Waals surface area contributed by atoms with Gasteiger partial charge in [0, 0.05) is 12.1 Å². The molecule has 0 atom stereocenters. The molecule has 0 unspecified atom stereocenters. The van der Waals surface area contributed by atoms with Crippen LogP contribution in [-0.2, 0) is 23.1 Å². The van der Waals surface area contributed by atoms with Crippen molar-refractivity contribution in [3.8, 4) is 5.75 Å². The molecule has 1 aromatic heterocycles. The standard InChI is InChI=1S/C20H19ClFN5O3S/c1-27-17(10-18(28)24-15-5-3-4-6-16(15)30-2)25-26-20(27)31-11-19(29)23-14-8-7-12(21)9-13(14)22/h3-9H,10-11H2,1-2H3,(H,23,29)(H,24,28). The summed E-state index contributed by atoms with van der Waals surface area (Å²) < 4.78 is 20.6. The molecule has 0 saturated carbocycles. The molecule has 0 aliphatic rings. The van der Waals surface area contributed by atoms with Crippen molar-refractivity contribution in [3.63, 3.8) is 0 Å². The molecule has 31 heavy (non-hydrogen) atoms. The van der Waals surface area contributed by atoms with Gasteiger partial charge in [-0.3, -0.25) is 9.59 Å². The van der Waals surface area contributed by atoms with E-state index in [2.05, 4.69) is 20.8 Å². The van der Waals surface area contributed by atoms with Gasteiger partial charge in [0.25, 0.3) is 0 Å². The van der Waals surface area contributed by atoms with Crippen molar-refractivity contribution in [2.75, 3.05) is 23.5 Å². The first-order valence-electron chi connectivity index (χ1n) is 9.06. The van der Waals surface area contributed by atoms with E-state index in [1.165, 1.54) is 19.2 Å². The maximum absolute atomic E-state index is 13.8. The lowest BCUT2D eigenvalue weighted by atomic mass is 10.2. The first-order valence-corrected chi connectivity index (χ1v) is 10.4. The third kappa shape index (κ3) is 5.96. The number of carbonyl (C=O) groups is 2. The zero-order chi connectivity index (χ0) is 22.4. The number of amides is 2. The Kier molecular flexibility index (Phi) is 7.48. The van der Waals surface area contributed by atoms with E-state index >= 15 is 0 Å². The van der Waals surface area contributed by atoms with Gasteiger partial charge in [0.05, 0.1) is 30.7 Å². The number of nitrogens with one attached hydrogen (secondary N) is 2. The second kappa shape index (κ2) is 10.3. The van der Waals surface area contributed by atoms with E-state index in [9.17, 15) is 14.0 Å². The molecule has 0 saturated heterocycles. The van der Waals surface area contributed by atoms with Gasteiger partial charge in [0.15, 0.2) is 5.16 Å². The zero-order valence-electron chi connectivity index (χ0n) is 16.7. The largest absolute Gasteiger partial charge is 0.495 e. The molecule has 0 bridgehead atoms. The van der Waals surface area contributed by atoms with Crippen LogP contribution in [0.15, 0.2) is 47.6 Å². The molecule has 8 nitrogen and oxygen atoms in total. The van der Waals surface area contributed by atoms with Gasteiger partial charge in [-0.05, 0) is 30.3 Å². The lowest BCUT2D eigenvalue weighted by Crippen LogP contribution is -2.18. The topological polar surface area (TPSA) is 98.1 Å². The summed E-state index contributed by atoms with van der Waals surface area (Å²) in [6.45, 7) is 0. The third-order valence-electron chi connectivity index (χ3n) is 4.16. The van der Waals surface area contributed by atoms with Crippen molar-refractivity contribution in [1.82, 2.24) is 14.8 Å². The molecule has 0 radical (unpaired) electrons. The van der Waals surface area contributed by atoms with E-state index < -0.39 is 11.7 Å². The first-order chi connectivity index (χ1) is 14.9. The SMILES string of the molecule is COc1ccccc1NC(=O)Cc1nnc(SCC(=O)Nc2ccc(Cl)cc2F)n1C. The zero-order valence-corrected chi connectivity index (χ0v) is 18.3. The lowest BCUT2D eigenvalue weighted by Gasteiger charge is -2.09. The average molecular weight is 464 g/mol. The molecule has 2 amide bonds. The van der Waals surface area contributed by atoms with Crippen LogP contribution >= 0.6 is 23.4 Å². The number of hydrogen-bond donors (Lipinski definition) is 2. The van der Waals surface area contributed by atoms with Gasteiger partial charge >= 0.3 is 0 Å². The van der Waals surface area contributed by atoms with Crippen LogP contribution in [0.4, 0.5) is 15.8 Å². The van der Waals surface area contributed by atoms with Gasteiger partial charge in [-0.1, -0.05) is 35.5 Å². The minimum atomic E-state index is -0.618.